The number of nitrogens with one attached hydrogen (secondary N) is 2. The lowest BCUT2D eigenvalue weighted by atomic mass is 10.0. The highest BCUT2D eigenvalue weighted by Crippen LogP contribution is 2.42. The predicted molar refractivity (Wildman–Crippen MR) is 126 cm³/mol. The molecule has 7 nitrogen and oxygen atoms in total. The zero-order valence-corrected chi connectivity index (χ0v) is 19.5. The number of fused-ring (bicyclic) bond motifs is 1. The third-order valence-corrected chi connectivity index (χ3v) is 7.53. The SMILES string of the molecule is CCCS(=O)(=O)Nc1ccc(F)c(Nc2ccc3c(c2C)C(O)N(CC2CC2)C=N3)c1Cl. The van der Waals surface area contributed by atoms with Gasteiger partial charge in [0.15, 0.2) is 6.23 Å². The van der Waals surface area contributed by atoms with E-state index in [-0.39, 0.29) is 22.2 Å². The molecule has 0 radical (unpaired) electrons. The number of rotatable bonds is 8. The monoisotopic (exact) mass is 480 g/mol. The Hall–Kier alpha value is -2.36. The van der Waals surface area contributed by atoms with Gasteiger partial charge in [-0.15, -0.1) is 0 Å². The lowest BCUT2D eigenvalue weighted by molar-refractivity contribution is 0.0511. The molecule has 4 rings (SSSR count). The van der Waals surface area contributed by atoms with Gasteiger partial charge in [0.25, 0.3) is 0 Å². The maximum absolute atomic E-state index is 14.7. The van der Waals surface area contributed by atoms with Crippen molar-refractivity contribution in [1.29, 1.82) is 0 Å². The van der Waals surface area contributed by atoms with Gasteiger partial charge in [-0.25, -0.2) is 17.8 Å². The summed E-state index contributed by atoms with van der Waals surface area (Å²) in [6.45, 7) is 4.31. The molecule has 1 aliphatic heterocycles. The lowest BCUT2D eigenvalue weighted by Gasteiger charge is -2.32. The number of nitrogens with zero attached hydrogens (tertiary/aromatic N) is 2. The zero-order valence-electron chi connectivity index (χ0n) is 17.9. The minimum absolute atomic E-state index is 0.0462. The van der Waals surface area contributed by atoms with Crippen LogP contribution in [-0.2, 0) is 10.0 Å². The van der Waals surface area contributed by atoms with E-state index >= 15 is 0 Å². The van der Waals surface area contributed by atoms with Gasteiger partial charge in [0.05, 0.1) is 34.2 Å². The van der Waals surface area contributed by atoms with Gasteiger partial charge >= 0.3 is 0 Å². The number of aliphatic hydroxyl groups excluding tert-OH is 1. The standard InChI is InChI=1S/C22H26ClFN4O3S/c1-3-10-32(30,31)27-18-7-6-15(24)21(20(18)23)26-16-8-9-17-19(13(16)2)22(29)28(12-25-17)11-14-4-5-14/h6-9,12,14,22,26-27,29H,3-5,10-11H2,1-2H3. The number of aliphatic hydroxyl groups is 1. The van der Waals surface area contributed by atoms with E-state index in [1.807, 2.05) is 11.8 Å². The van der Waals surface area contributed by atoms with Crippen LogP contribution < -0.4 is 10.0 Å². The summed E-state index contributed by atoms with van der Waals surface area (Å²) < 4.78 is 41.3. The molecule has 2 aliphatic rings. The molecule has 2 aromatic rings. The summed E-state index contributed by atoms with van der Waals surface area (Å²) in [5, 5.41) is 13.8. The van der Waals surface area contributed by atoms with Crippen LogP contribution in [0.1, 0.15) is 43.5 Å². The molecule has 1 atom stereocenters. The predicted octanol–water partition coefficient (Wildman–Crippen LogP) is 5.06. The fraction of sp³-hybridized carbons (Fsp3) is 0.409. The second kappa shape index (κ2) is 8.88. The number of hydrogen-bond acceptors (Lipinski definition) is 6. The van der Waals surface area contributed by atoms with Crippen LogP contribution in [0, 0.1) is 18.7 Å². The number of anilines is 3. The fourth-order valence-corrected chi connectivity index (χ4v) is 5.22. The van der Waals surface area contributed by atoms with Crippen molar-refractivity contribution < 1.29 is 17.9 Å². The average molecular weight is 481 g/mol. The minimum Gasteiger partial charge on any atom is -0.369 e. The van der Waals surface area contributed by atoms with Crippen molar-refractivity contribution >= 4 is 50.7 Å². The van der Waals surface area contributed by atoms with E-state index in [0.29, 0.717) is 34.8 Å². The number of halogens is 2. The van der Waals surface area contributed by atoms with Crippen LogP contribution in [0.2, 0.25) is 5.02 Å². The van der Waals surface area contributed by atoms with Crippen LogP contribution in [-0.4, -0.2) is 37.1 Å². The highest BCUT2D eigenvalue weighted by molar-refractivity contribution is 7.92. The van der Waals surface area contributed by atoms with Crippen molar-refractivity contribution in [2.45, 2.75) is 39.3 Å². The first kappa shape index (κ1) is 22.8. The first-order chi connectivity index (χ1) is 15.2. The van der Waals surface area contributed by atoms with Crippen molar-refractivity contribution in [3.8, 4) is 0 Å². The van der Waals surface area contributed by atoms with Crippen LogP contribution in [0.5, 0.6) is 0 Å². The van der Waals surface area contributed by atoms with Crippen LogP contribution in [0.25, 0.3) is 0 Å². The van der Waals surface area contributed by atoms with Crippen LogP contribution in [0.4, 0.5) is 27.1 Å². The Morgan fingerprint density at radius 1 is 1.25 bits per heavy atom. The van der Waals surface area contributed by atoms with Gasteiger partial charge in [-0.2, -0.15) is 0 Å². The van der Waals surface area contributed by atoms with Crippen molar-refractivity contribution in [3.63, 3.8) is 0 Å². The summed E-state index contributed by atoms with van der Waals surface area (Å²) >= 11 is 6.37. The molecule has 1 aliphatic carbocycles. The molecule has 3 N–H and O–H groups in total. The van der Waals surface area contributed by atoms with Gasteiger partial charge in [-0.1, -0.05) is 18.5 Å². The summed E-state index contributed by atoms with van der Waals surface area (Å²) in [5.74, 6) is -0.116. The molecule has 0 bridgehead atoms. The Labute approximate surface area is 192 Å². The molecule has 1 unspecified atom stereocenters. The largest absolute Gasteiger partial charge is 0.369 e. The van der Waals surface area contributed by atoms with E-state index in [4.69, 9.17) is 11.6 Å². The molecule has 1 heterocycles. The Morgan fingerprint density at radius 2 is 1.97 bits per heavy atom. The van der Waals surface area contributed by atoms with Crippen molar-refractivity contribution in [1.82, 2.24) is 4.90 Å². The average Bonchev–Trinajstić information content (AvgIpc) is 3.55. The number of aliphatic imine (C=N–C) groups is 1. The third kappa shape index (κ3) is 4.69. The molecule has 172 valence electrons. The Bertz CT molecular complexity index is 1170. The normalized spacial score (nSPS) is 17.9. The number of hydrogen-bond donors (Lipinski definition) is 3. The summed E-state index contributed by atoms with van der Waals surface area (Å²) in [7, 11) is -3.59. The molecule has 0 amide bonds. The summed E-state index contributed by atoms with van der Waals surface area (Å²) in [5.41, 5.74) is 2.60. The second-order valence-electron chi connectivity index (χ2n) is 8.26. The molecular weight excluding hydrogens is 455 g/mol. The Morgan fingerprint density at radius 3 is 2.66 bits per heavy atom. The smallest absolute Gasteiger partial charge is 0.232 e. The molecule has 1 fully saturated rings. The topological polar surface area (TPSA) is 94.0 Å². The number of sulfonamides is 1. The van der Waals surface area contributed by atoms with Gasteiger partial charge in [-0.05, 0) is 61.9 Å². The van der Waals surface area contributed by atoms with E-state index in [0.717, 1.165) is 25.5 Å². The molecular formula is C22H26ClFN4O3S. The van der Waals surface area contributed by atoms with Gasteiger partial charge in [0.1, 0.15) is 5.82 Å². The van der Waals surface area contributed by atoms with E-state index in [1.54, 1.807) is 25.4 Å². The van der Waals surface area contributed by atoms with E-state index in [1.165, 1.54) is 6.07 Å². The van der Waals surface area contributed by atoms with Crippen LogP contribution in [0.15, 0.2) is 29.3 Å². The molecule has 0 spiro atoms. The van der Waals surface area contributed by atoms with Gasteiger partial charge in [0, 0.05) is 17.8 Å². The maximum Gasteiger partial charge on any atom is 0.232 e. The highest BCUT2D eigenvalue weighted by Gasteiger charge is 2.31. The highest BCUT2D eigenvalue weighted by atomic mass is 35.5. The molecule has 32 heavy (non-hydrogen) atoms. The first-order valence-corrected chi connectivity index (χ1v) is 12.6. The van der Waals surface area contributed by atoms with Crippen LogP contribution in [0.3, 0.4) is 0 Å². The lowest BCUT2D eigenvalue weighted by Crippen LogP contribution is -2.32. The van der Waals surface area contributed by atoms with Crippen LogP contribution >= 0.6 is 11.6 Å². The number of benzene rings is 2. The summed E-state index contributed by atoms with van der Waals surface area (Å²) in [6.07, 6.45) is 3.56. The van der Waals surface area contributed by atoms with E-state index in [2.05, 4.69) is 15.0 Å². The van der Waals surface area contributed by atoms with Gasteiger partial charge in [-0.3, -0.25) is 4.72 Å². The van der Waals surface area contributed by atoms with Gasteiger partial charge in [0.2, 0.25) is 10.0 Å². The quantitative estimate of drug-likeness (QED) is 0.491. The minimum atomic E-state index is -3.59. The van der Waals surface area contributed by atoms with E-state index < -0.39 is 22.1 Å². The molecule has 2 aromatic carbocycles. The zero-order chi connectivity index (χ0) is 23.0. The molecule has 0 saturated heterocycles. The second-order valence-corrected chi connectivity index (χ2v) is 10.5. The van der Waals surface area contributed by atoms with Crippen molar-refractivity contribution in [2.24, 2.45) is 10.9 Å². The van der Waals surface area contributed by atoms with Gasteiger partial charge < -0.3 is 15.3 Å². The fourth-order valence-electron chi connectivity index (χ4n) is 3.77. The van der Waals surface area contributed by atoms with E-state index in [9.17, 15) is 17.9 Å². The molecule has 0 aromatic heterocycles. The molecule has 1 saturated carbocycles. The summed E-state index contributed by atoms with van der Waals surface area (Å²) in [4.78, 5) is 6.27. The Kier molecular flexibility index (Phi) is 6.33. The summed E-state index contributed by atoms with van der Waals surface area (Å²) in [6, 6.07) is 5.93. The van der Waals surface area contributed by atoms with Crippen molar-refractivity contribution in [3.05, 3.63) is 46.2 Å². The maximum atomic E-state index is 14.7. The first-order valence-electron chi connectivity index (χ1n) is 10.6. The molecule has 10 heteroatoms. The Balaban J connectivity index is 1.65. The van der Waals surface area contributed by atoms with Crippen molar-refractivity contribution in [2.75, 3.05) is 22.3 Å². The third-order valence-electron chi connectivity index (χ3n) is 5.66.